The van der Waals surface area contributed by atoms with Gasteiger partial charge < -0.3 is 4.90 Å². The molecule has 1 saturated heterocycles. The molecule has 2 aliphatic rings. The Bertz CT molecular complexity index is 569. The van der Waals surface area contributed by atoms with Gasteiger partial charge in [0.25, 0.3) is 0 Å². The van der Waals surface area contributed by atoms with Crippen LogP contribution in [0.2, 0.25) is 0 Å². The van der Waals surface area contributed by atoms with Gasteiger partial charge in [0.15, 0.2) is 0 Å². The van der Waals surface area contributed by atoms with Gasteiger partial charge >= 0.3 is 0 Å². The van der Waals surface area contributed by atoms with E-state index in [4.69, 9.17) is 4.37 Å². The topological polar surface area (TPSA) is 19.4 Å². The van der Waals surface area contributed by atoms with Crippen LogP contribution in [-0.4, -0.2) is 42.0 Å². The van der Waals surface area contributed by atoms with Crippen LogP contribution in [0.15, 0.2) is 12.7 Å². The van der Waals surface area contributed by atoms with Crippen LogP contribution in [0.5, 0.6) is 0 Å². The second kappa shape index (κ2) is 8.30. The molecule has 0 radical (unpaired) electrons. The van der Waals surface area contributed by atoms with Crippen molar-refractivity contribution in [3.8, 4) is 0 Å². The van der Waals surface area contributed by atoms with Gasteiger partial charge in [-0.3, -0.25) is 4.90 Å². The summed E-state index contributed by atoms with van der Waals surface area (Å²) in [6.07, 6.45) is 11.9. The number of anilines is 1. The molecule has 2 fully saturated rings. The van der Waals surface area contributed by atoms with Gasteiger partial charge in [0.05, 0.1) is 4.88 Å². The summed E-state index contributed by atoms with van der Waals surface area (Å²) >= 11 is 1.59. The molecule has 3 nitrogen and oxygen atoms in total. The van der Waals surface area contributed by atoms with Gasteiger partial charge in [-0.2, -0.15) is 4.37 Å². The zero-order chi connectivity index (χ0) is 16.9. The third kappa shape index (κ3) is 3.92. The molecule has 2 heterocycles. The highest BCUT2D eigenvalue weighted by Crippen LogP contribution is 2.32. The summed E-state index contributed by atoms with van der Waals surface area (Å²) in [5, 5.41) is 0. The van der Waals surface area contributed by atoms with Crippen LogP contribution in [0.25, 0.3) is 12.2 Å². The van der Waals surface area contributed by atoms with Gasteiger partial charge in [-0.25, -0.2) is 0 Å². The summed E-state index contributed by atoms with van der Waals surface area (Å²) in [6.45, 7) is 14.3. The molecule has 0 aromatic carbocycles. The predicted octanol–water partition coefficient (Wildman–Crippen LogP) is 4.77. The normalized spacial score (nSPS) is 26.2. The number of rotatable bonds is 5. The molecule has 1 aliphatic carbocycles. The molecule has 24 heavy (non-hydrogen) atoms. The van der Waals surface area contributed by atoms with E-state index < -0.39 is 0 Å². The van der Waals surface area contributed by atoms with Crippen molar-refractivity contribution in [2.45, 2.75) is 39.5 Å². The first-order chi connectivity index (χ1) is 11.7. The van der Waals surface area contributed by atoms with Crippen molar-refractivity contribution in [2.24, 2.45) is 11.8 Å². The fourth-order valence-electron chi connectivity index (χ4n) is 4.13. The second-order valence-corrected chi connectivity index (χ2v) is 8.10. The molecule has 132 valence electrons. The molecule has 0 bridgehead atoms. The summed E-state index contributed by atoms with van der Waals surface area (Å²) < 4.78 is 4.71. The minimum atomic E-state index is 0.908. The monoisotopic (exact) mass is 345 g/mol. The quantitative estimate of drug-likeness (QED) is 0.766. The van der Waals surface area contributed by atoms with Crippen LogP contribution in [-0.2, 0) is 0 Å². The Labute approximate surface area is 151 Å². The van der Waals surface area contributed by atoms with E-state index in [0.29, 0.717) is 0 Å². The molecule has 1 aliphatic heterocycles. The molecule has 1 aromatic heterocycles. The van der Waals surface area contributed by atoms with Crippen LogP contribution in [0.3, 0.4) is 0 Å². The Morgan fingerprint density at radius 1 is 1.21 bits per heavy atom. The van der Waals surface area contributed by atoms with Crippen LogP contribution in [0, 0.1) is 11.8 Å². The maximum Gasteiger partial charge on any atom is 0.150 e. The molecule has 4 heteroatoms. The van der Waals surface area contributed by atoms with Crippen molar-refractivity contribution in [1.82, 2.24) is 9.27 Å². The summed E-state index contributed by atoms with van der Waals surface area (Å²) in [5.74, 6) is 2.95. The van der Waals surface area contributed by atoms with Crippen molar-refractivity contribution < 1.29 is 0 Å². The Morgan fingerprint density at radius 2 is 1.96 bits per heavy atom. The maximum absolute atomic E-state index is 4.71. The molecule has 0 amide bonds. The van der Waals surface area contributed by atoms with Gasteiger partial charge in [-0.15, -0.1) is 0 Å². The predicted molar refractivity (Wildman–Crippen MR) is 107 cm³/mol. The molecule has 3 rings (SSSR count). The molecule has 1 aromatic rings. The number of aromatic nitrogens is 1. The summed E-state index contributed by atoms with van der Waals surface area (Å²) in [7, 11) is 0. The lowest BCUT2D eigenvalue weighted by Gasteiger charge is -2.39. The molecular formula is C20H31N3S. The zero-order valence-electron chi connectivity index (χ0n) is 15.2. The molecule has 0 N–H and O–H groups in total. The SMILES string of the molecule is C=Cc1c(N2CCN(C[C@@H]3CCCC[C@H]3C)CC2)nsc1/C=C\C. The number of hydrogen-bond acceptors (Lipinski definition) is 4. The number of nitrogens with zero attached hydrogens (tertiary/aromatic N) is 3. The van der Waals surface area contributed by atoms with Gasteiger partial charge in [-0.1, -0.05) is 44.9 Å². The lowest BCUT2D eigenvalue weighted by atomic mass is 9.80. The lowest BCUT2D eigenvalue weighted by Crippen LogP contribution is -2.48. The van der Waals surface area contributed by atoms with Crippen molar-refractivity contribution >= 4 is 29.5 Å². The Balaban J connectivity index is 1.58. The van der Waals surface area contributed by atoms with Crippen molar-refractivity contribution in [2.75, 3.05) is 37.6 Å². The molecule has 0 spiro atoms. The highest BCUT2D eigenvalue weighted by atomic mass is 32.1. The van der Waals surface area contributed by atoms with Gasteiger partial charge in [-0.05, 0) is 42.8 Å². The second-order valence-electron chi connectivity index (χ2n) is 7.30. The largest absolute Gasteiger partial charge is 0.353 e. The third-order valence-electron chi connectivity index (χ3n) is 5.71. The average Bonchev–Trinajstić information content (AvgIpc) is 3.01. The summed E-state index contributed by atoms with van der Waals surface area (Å²) in [4.78, 5) is 6.35. The van der Waals surface area contributed by atoms with E-state index in [1.165, 1.54) is 42.7 Å². The van der Waals surface area contributed by atoms with E-state index in [2.05, 4.69) is 42.4 Å². The van der Waals surface area contributed by atoms with Crippen molar-refractivity contribution in [3.05, 3.63) is 23.1 Å². The summed E-state index contributed by atoms with van der Waals surface area (Å²) in [6, 6.07) is 0. The maximum atomic E-state index is 4.71. The van der Waals surface area contributed by atoms with Crippen LogP contribution in [0.1, 0.15) is 50.0 Å². The minimum Gasteiger partial charge on any atom is -0.353 e. The zero-order valence-corrected chi connectivity index (χ0v) is 16.0. The molecule has 2 atom stereocenters. The first kappa shape index (κ1) is 17.7. The highest BCUT2D eigenvalue weighted by molar-refractivity contribution is 7.07. The van der Waals surface area contributed by atoms with E-state index in [1.807, 2.05) is 6.08 Å². The number of piperazine rings is 1. The summed E-state index contributed by atoms with van der Waals surface area (Å²) in [5.41, 5.74) is 1.20. The lowest BCUT2D eigenvalue weighted by molar-refractivity contribution is 0.154. The number of hydrogen-bond donors (Lipinski definition) is 0. The van der Waals surface area contributed by atoms with E-state index in [1.54, 1.807) is 11.5 Å². The standard InChI is InChI=1S/C20H31N3S/c1-4-8-19-18(5-2)20(21-24-19)23-13-11-22(12-14-23)15-17-10-7-6-9-16(17)3/h4-5,8,16-17H,2,6-7,9-15H2,1,3H3/b8-4-/t16-,17+/m1/s1. The minimum absolute atomic E-state index is 0.908. The Hall–Kier alpha value is -1.13. The van der Waals surface area contributed by atoms with Crippen LogP contribution in [0.4, 0.5) is 5.82 Å². The van der Waals surface area contributed by atoms with Crippen molar-refractivity contribution in [1.29, 1.82) is 0 Å². The van der Waals surface area contributed by atoms with Crippen molar-refractivity contribution in [3.63, 3.8) is 0 Å². The third-order valence-corrected chi connectivity index (χ3v) is 6.53. The first-order valence-electron chi connectivity index (χ1n) is 9.45. The molecule has 1 saturated carbocycles. The van der Waals surface area contributed by atoms with E-state index in [0.717, 1.165) is 43.8 Å². The smallest absolute Gasteiger partial charge is 0.150 e. The fraction of sp³-hybridized carbons (Fsp3) is 0.650. The van der Waals surface area contributed by atoms with Crippen LogP contribution < -0.4 is 4.90 Å². The van der Waals surface area contributed by atoms with E-state index >= 15 is 0 Å². The van der Waals surface area contributed by atoms with Gasteiger partial charge in [0, 0.05) is 38.3 Å². The molecular weight excluding hydrogens is 314 g/mol. The average molecular weight is 346 g/mol. The Morgan fingerprint density at radius 3 is 2.62 bits per heavy atom. The first-order valence-corrected chi connectivity index (χ1v) is 10.2. The van der Waals surface area contributed by atoms with Crippen LogP contribution >= 0.6 is 11.5 Å². The van der Waals surface area contributed by atoms with Gasteiger partial charge in [0.2, 0.25) is 0 Å². The molecule has 0 unspecified atom stereocenters. The fourth-order valence-corrected chi connectivity index (χ4v) is 5.00. The Kier molecular flexibility index (Phi) is 6.12. The van der Waals surface area contributed by atoms with Gasteiger partial charge in [0.1, 0.15) is 5.82 Å². The van der Waals surface area contributed by atoms with E-state index in [9.17, 15) is 0 Å². The number of allylic oxidation sites excluding steroid dienone is 1. The van der Waals surface area contributed by atoms with E-state index in [-0.39, 0.29) is 0 Å². The highest BCUT2D eigenvalue weighted by Gasteiger charge is 2.27.